The van der Waals surface area contributed by atoms with Gasteiger partial charge in [0.2, 0.25) is 0 Å². The molecule has 2 rings (SSSR count). The lowest BCUT2D eigenvalue weighted by atomic mass is 9.87. The summed E-state index contributed by atoms with van der Waals surface area (Å²) in [6.07, 6.45) is 0. The molecule has 16 heavy (non-hydrogen) atoms. The normalized spacial score (nSPS) is 17.2. The number of hydrogen-bond donors (Lipinski definition) is 0. The van der Waals surface area contributed by atoms with Crippen molar-refractivity contribution in [3.63, 3.8) is 0 Å². The van der Waals surface area contributed by atoms with Gasteiger partial charge in [-0.15, -0.1) is 0 Å². The number of nitriles is 1. The summed E-state index contributed by atoms with van der Waals surface area (Å²) in [5.41, 5.74) is 1.47. The van der Waals surface area contributed by atoms with Crippen molar-refractivity contribution in [1.29, 1.82) is 5.26 Å². The Morgan fingerprint density at radius 3 is 2.69 bits per heavy atom. The second-order valence-corrected chi connectivity index (χ2v) is 4.59. The van der Waals surface area contributed by atoms with Crippen LogP contribution in [0.4, 0.5) is 4.39 Å². The van der Waals surface area contributed by atoms with Crippen LogP contribution in [0.15, 0.2) is 18.2 Å². The van der Waals surface area contributed by atoms with Gasteiger partial charge in [0.05, 0.1) is 11.6 Å². The fraction of sp³-hybridized carbons (Fsp3) is 0.462. The molecule has 84 valence electrons. The standard InChI is InChI=1S/C13H15FN2/c1-9(2)16-7-11(8-16)13-4-3-12(14)5-10(13)6-15/h3-5,9,11H,7-8H2,1-2H3. The number of nitrogens with zero attached hydrogens (tertiary/aromatic N) is 2. The van der Waals surface area contributed by atoms with E-state index in [0.717, 1.165) is 18.7 Å². The minimum Gasteiger partial charge on any atom is -0.300 e. The molecule has 3 heteroatoms. The number of hydrogen-bond acceptors (Lipinski definition) is 2. The zero-order valence-electron chi connectivity index (χ0n) is 9.57. The Kier molecular flexibility index (Phi) is 2.93. The molecule has 1 heterocycles. The van der Waals surface area contributed by atoms with Gasteiger partial charge in [-0.1, -0.05) is 6.07 Å². The van der Waals surface area contributed by atoms with Gasteiger partial charge in [-0.3, -0.25) is 4.90 Å². The zero-order valence-corrected chi connectivity index (χ0v) is 9.57. The summed E-state index contributed by atoms with van der Waals surface area (Å²) in [6, 6.07) is 7.13. The lowest BCUT2D eigenvalue weighted by molar-refractivity contribution is 0.110. The van der Waals surface area contributed by atoms with E-state index in [0.29, 0.717) is 17.5 Å². The van der Waals surface area contributed by atoms with Crippen LogP contribution in [0.1, 0.15) is 30.9 Å². The number of benzene rings is 1. The predicted molar refractivity (Wildman–Crippen MR) is 60.6 cm³/mol. The largest absolute Gasteiger partial charge is 0.300 e. The SMILES string of the molecule is CC(C)N1CC(c2ccc(F)cc2C#N)C1. The molecule has 1 aromatic carbocycles. The second-order valence-electron chi connectivity index (χ2n) is 4.59. The molecule has 1 saturated heterocycles. The fourth-order valence-electron chi connectivity index (χ4n) is 2.11. The van der Waals surface area contributed by atoms with Crippen molar-refractivity contribution < 1.29 is 4.39 Å². The molecular weight excluding hydrogens is 203 g/mol. The molecule has 0 aliphatic carbocycles. The summed E-state index contributed by atoms with van der Waals surface area (Å²) in [5.74, 6) is 0.0537. The molecule has 1 aliphatic rings. The molecule has 0 radical (unpaired) electrons. The van der Waals surface area contributed by atoms with Crippen LogP contribution in [-0.2, 0) is 0 Å². The Bertz CT molecular complexity index is 428. The van der Waals surface area contributed by atoms with Crippen molar-refractivity contribution in [3.8, 4) is 6.07 Å². The molecule has 0 saturated carbocycles. The van der Waals surface area contributed by atoms with E-state index in [2.05, 4.69) is 24.8 Å². The van der Waals surface area contributed by atoms with Gasteiger partial charge in [0.1, 0.15) is 5.82 Å². The summed E-state index contributed by atoms with van der Waals surface area (Å²) in [6.45, 7) is 6.26. The van der Waals surface area contributed by atoms with E-state index in [4.69, 9.17) is 5.26 Å². The molecule has 0 amide bonds. The van der Waals surface area contributed by atoms with E-state index in [1.165, 1.54) is 12.1 Å². The van der Waals surface area contributed by atoms with Crippen LogP contribution < -0.4 is 0 Å². The molecule has 1 fully saturated rings. The van der Waals surface area contributed by atoms with E-state index in [9.17, 15) is 4.39 Å². The van der Waals surface area contributed by atoms with Crippen LogP contribution >= 0.6 is 0 Å². The molecule has 1 aliphatic heterocycles. The van der Waals surface area contributed by atoms with Crippen molar-refractivity contribution in [3.05, 3.63) is 35.1 Å². The number of likely N-dealkylation sites (tertiary alicyclic amines) is 1. The minimum absolute atomic E-state index is 0.333. The smallest absolute Gasteiger partial charge is 0.124 e. The minimum atomic E-state index is -0.333. The number of halogens is 1. The summed E-state index contributed by atoms with van der Waals surface area (Å²) in [4.78, 5) is 2.34. The summed E-state index contributed by atoms with van der Waals surface area (Å²) >= 11 is 0. The van der Waals surface area contributed by atoms with Crippen molar-refractivity contribution in [2.45, 2.75) is 25.8 Å². The molecule has 2 nitrogen and oxygen atoms in total. The highest BCUT2D eigenvalue weighted by atomic mass is 19.1. The summed E-state index contributed by atoms with van der Waals surface area (Å²) < 4.78 is 13.0. The lowest BCUT2D eigenvalue weighted by Gasteiger charge is -2.42. The Labute approximate surface area is 95.3 Å². The van der Waals surface area contributed by atoms with Gasteiger partial charge in [-0.2, -0.15) is 5.26 Å². The third-order valence-electron chi connectivity index (χ3n) is 3.22. The Balaban J connectivity index is 2.15. The van der Waals surface area contributed by atoms with Gasteiger partial charge in [-0.05, 0) is 31.5 Å². The number of rotatable bonds is 2. The molecule has 0 spiro atoms. The topological polar surface area (TPSA) is 27.0 Å². The maximum atomic E-state index is 13.0. The van der Waals surface area contributed by atoms with E-state index in [1.54, 1.807) is 6.07 Å². The quantitative estimate of drug-likeness (QED) is 0.762. The van der Waals surface area contributed by atoms with Gasteiger partial charge in [0.25, 0.3) is 0 Å². The highest BCUT2D eigenvalue weighted by molar-refractivity contribution is 5.41. The maximum Gasteiger partial charge on any atom is 0.124 e. The first kappa shape index (κ1) is 11.1. The first-order chi connectivity index (χ1) is 7.61. The van der Waals surface area contributed by atoms with E-state index < -0.39 is 0 Å². The monoisotopic (exact) mass is 218 g/mol. The Morgan fingerprint density at radius 1 is 1.44 bits per heavy atom. The first-order valence-electron chi connectivity index (χ1n) is 5.55. The van der Waals surface area contributed by atoms with Crippen molar-refractivity contribution in [2.75, 3.05) is 13.1 Å². The molecular formula is C13H15FN2. The second kappa shape index (κ2) is 4.23. The lowest BCUT2D eigenvalue weighted by Crippen LogP contribution is -2.48. The van der Waals surface area contributed by atoms with Crippen molar-refractivity contribution >= 4 is 0 Å². The van der Waals surface area contributed by atoms with Crippen LogP contribution in [0, 0.1) is 17.1 Å². The van der Waals surface area contributed by atoms with Gasteiger partial charge < -0.3 is 0 Å². The third-order valence-corrected chi connectivity index (χ3v) is 3.22. The average molecular weight is 218 g/mol. The Hall–Kier alpha value is -1.40. The van der Waals surface area contributed by atoms with Crippen LogP contribution in [-0.4, -0.2) is 24.0 Å². The van der Waals surface area contributed by atoms with Crippen molar-refractivity contribution in [1.82, 2.24) is 4.90 Å². The van der Waals surface area contributed by atoms with Crippen LogP contribution in [0.3, 0.4) is 0 Å². The summed E-state index contributed by atoms with van der Waals surface area (Å²) in [7, 11) is 0. The molecule has 0 unspecified atom stereocenters. The van der Waals surface area contributed by atoms with Crippen molar-refractivity contribution in [2.24, 2.45) is 0 Å². The summed E-state index contributed by atoms with van der Waals surface area (Å²) in [5, 5.41) is 8.96. The van der Waals surface area contributed by atoms with Gasteiger partial charge >= 0.3 is 0 Å². The third kappa shape index (κ3) is 1.94. The van der Waals surface area contributed by atoms with Crippen LogP contribution in [0.25, 0.3) is 0 Å². The van der Waals surface area contributed by atoms with E-state index in [1.807, 2.05) is 0 Å². The molecule has 0 bridgehead atoms. The van der Waals surface area contributed by atoms with Gasteiger partial charge in [0.15, 0.2) is 0 Å². The first-order valence-corrected chi connectivity index (χ1v) is 5.55. The average Bonchev–Trinajstić information content (AvgIpc) is 2.17. The van der Waals surface area contributed by atoms with E-state index in [-0.39, 0.29) is 5.82 Å². The highest BCUT2D eigenvalue weighted by Crippen LogP contribution is 2.30. The van der Waals surface area contributed by atoms with Gasteiger partial charge in [-0.25, -0.2) is 4.39 Å². The Morgan fingerprint density at radius 2 is 2.12 bits per heavy atom. The maximum absolute atomic E-state index is 13.0. The van der Waals surface area contributed by atoms with Gasteiger partial charge in [0, 0.05) is 25.0 Å². The van der Waals surface area contributed by atoms with Crippen LogP contribution in [0.2, 0.25) is 0 Å². The zero-order chi connectivity index (χ0) is 11.7. The molecule has 1 aromatic rings. The fourth-order valence-corrected chi connectivity index (χ4v) is 2.11. The predicted octanol–water partition coefficient (Wildman–Crippen LogP) is 2.50. The highest BCUT2D eigenvalue weighted by Gasteiger charge is 2.31. The molecule has 0 aromatic heterocycles. The molecule has 0 N–H and O–H groups in total. The molecule has 0 atom stereocenters. The van der Waals surface area contributed by atoms with E-state index >= 15 is 0 Å². The van der Waals surface area contributed by atoms with Crippen LogP contribution in [0.5, 0.6) is 0 Å².